The van der Waals surface area contributed by atoms with Gasteiger partial charge >= 0.3 is 0 Å². The number of hydrogen-bond donors (Lipinski definition) is 3. The minimum absolute atomic E-state index is 0.0683. The SMILES string of the molecule is CN(C)c1nc(N[C@H]2CC[C@@H](NC(=O)[C@H](O)c3ccccc3)CC2)nc2ccccc12. The van der Waals surface area contributed by atoms with Gasteiger partial charge in [-0.1, -0.05) is 42.5 Å². The number of carbonyl (C=O) groups is 1. The lowest BCUT2D eigenvalue weighted by Gasteiger charge is -2.30. The van der Waals surface area contributed by atoms with Gasteiger partial charge in [-0.2, -0.15) is 4.98 Å². The largest absolute Gasteiger partial charge is 0.378 e. The Kier molecular flexibility index (Phi) is 6.32. The highest BCUT2D eigenvalue weighted by Gasteiger charge is 2.26. The van der Waals surface area contributed by atoms with E-state index < -0.39 is 6.10 Å². The molecule has 1 heterocycles. The summed E-state index contributed by atoms with van der Waals surface area (Å²) in [6.45, 7) is 0. The van der Waals surface area contributed by atoms with Crippen molar-refractivity contribution in [3.8, 4) is 0 Å². The van der Waals surface area contributed by atoms with Gasteiger partial charge in [0.2, 0.25) is 5.95 Å². The maximum absolute atomic E-state index is 12.4. The van der Waals surface area contributed by atoms with E-state index in [4.69, 9.17) is 4.98 Å². The van der Waals surface area contributed by atoms with Crippen LogP contribution in [0.5, 0.6) is 0 Å². The first-order chi connectivity index (χ1) is 15.0. The molecule has 1 aliphatic carbocycles. The Hall–Kier alpha value is -3.19. The molecule has 3 N–H and O–H groups in total. The lowest BCUT2D eigenvalue weighted by molar-refractivity contribution is -0.130. The van der Waals surface area contributed by atoms with Crippen LogP contribution in [-0.2, 0) is 4.79 Å². The molecule has 1 fully saturated rings. The minimum atomic E-state index is -1.13. The Labute approximate surface area is 182 Å². The number of fused-ring (bicyclic) bond motifs is 1. The van der Waals surface area contributed by atoms with Crippen molar-refractivity contribution in [3.05, 3.63) is 60.2 Å². The predicted octanol–water partition coefficient (Wildman–Crippen LogP) is 3.27. The van der Waals surface area contributed by atoms with Crippen LogP contribution in [-0.4, -0.2) is 47.2 Å². The average molecular weight is 420 g/mol. The van der Waals surface area contributed by atoms with Crippen molar-refractivity contribution in [2.45, 2.75) is 43.9 Å². The fourth-order valence-corrected chi connectivity index (χ4v) is 4.10. The maximum Gasteiger partial charge on any atom is 0.253 e. The molecule has 4 rings (SSSR count). The third kappa shape index (κ3) is 4.94. The molecule has 0 unspecified atom stereocenters. The van der Waals surface area contributed by atoms with Crippen LogP contribution < -0.4 is 15.5 Å². The first kappa shape index (κ1) is 21.1. The van der Waals surface area contributed by atoms with Crippen LogP contribution in [0, 0.1) is 0 Å². The van der Waals surface area contributed by atoms with E-state index in [0.29, 0.717) is 11.5 Å². The Morgan fingerprint density at radius 2 is 1.61 bits per heavy atom. The summed E-state index contributed by atoms with van der Waals surface area (Å²) in [5.41, 5.74) is 1.53. The molecule has 0 saturated heterocycles. The van der Waals surface area contributed by atoms with Crippen LogP contribution in [0.1, 0.15) is 37.4 Å². The van der Waals surface area contributed by atoms with Gasteiger partial charge in [-0.15, -0.1) is 0 Å². The summed E-state index contributed by atoms with van der Waals surface area (Å²) < 4.78 is 0. The van der Waals surface area contributed by atoms with Gasteiger partial charge < -0.3 is 20.6 Å². The zero-order chi connectivity index (χ0) is 21.8. The van der Waals surface area contributed by atoms with Crippen LogP contribution in [0.2, 0.25) is 0 Å². The second-order valence-electron chi connectivity index (χ2n) is 8.30. The molecule has 1 saturated carbocycles. The number of carbonyl (C=O) groups excluding carboxylic acids is 1. The van der Waals surface area contributed by atoms with E-state index in [1.165, 1.54) is 0 Å². The molecule has 31 heavy (non-hydrogen) atoms. The van der Waals surface area contributed by atoms with Gasteiger partial charge in [-0.05, 0) is 43.4 Å². The second kappa shape index (κ2) is 9.31. The molecule has 1 aliphatic rings. The van der Waals surface area contributed by atoms with Crippen molar-refractivity contribution in [3.63, 3.8) is 0 Å². The number of nitrogens with one attached hydrogen (secondary N) is 2. The molecule has 1 aromatic heterocycles. The molecule has 7 heteroatoms. The number of rotatable bonds is 6. The number of para-hydroxylation sites is 1. The molecule has 162 valence electrons. The van der Waals surface area contributed by atoms with Gasteiger partial charge in [0.1, 0.15) is 5.82 Å². The summed E-state index contributed by atoms with van der Waals surface area (Å²) in [4.78, 5) is 23.8. The lowest BCUT2D eigenvalue weighted by atomic mass is 9.91. The van der Waals surface area contributed by atoms with Crippen molar-refractivity contribution in [1.82, 2.24) is 15.3 Å². The monoisotopic (exact) mass is 419 g/mol. The van der Waals surface area contributed by atoms with E-state index in [2.05, 4.69) is 15.6 Å². The Morgan fingerprint density at radius 3 is 2.32 bits per heavy atom. The molecular formula is C24H29N5O2. The average Bonchev–Trinajstić information content (AvgIpc) is 2.79. The summed E-state index contributed by atoms with van der Waals surface area (Å²) in [6, 6.07) is 17.4. The van der Waals surface area contributed by atoms with E-state index in [1.807, 2.05) is 61.5 Å². The third-order valence-corrected chi connectivity index (χ3v) is 5.78. The maximum atomic E-state index is 12.4. The van der Waals surface area contributed by atoms with Crippen molar-refractivity contribution in [2.24, 2.45) is 0 Å². The van der Waals surface area contributed by atoms with Crippen LogP contribution in [0.3, 0.4) is 0 Å². The molecule has 0 radical (unpaired) electrons. The van der Waals surface area contributed by atoms with Crippen molar-refractivity contribution >= 4 is 28.6 Å². The van der Waals surface area contributed by atoms with Gasteiger partial charge in [-0.25, -0.2) is 4.98 Å². The van der Waals surface area contributed by atoms with Crippen molar-refractivity contribution in [1.29, 1.82) is 0 Å². The van der Waals surface area contributed by atoms with E-state index in [-0.39, 0.29) is 18.0 Å². The number of aromatic nitrogens is 2. The normalized spacial score (nSPS) is 19.6. The number of hydrogen-bond acceptors (Lipinski definition) is 6. The number of benzene rings is 2. The molecular weight excluding hydrogens is 390 g/mol. The summed E-state index contributed by atoms with van der Waals surface area (Å²) in [6.07, 6.45) is 2.37. The topological polar surface area (TPSA) is 90.4 Å². The quantitative estimate of drug-likeness (QED) is 0.568. The molecule has 1 atom stereocenters. The number of aliphatic hydroxyl groups excluding tert-OH is 1. The fraction of sp³-hybridized carbons (Fsp3) is 0.375. The predicted molar refractivity (Wildman–Crippen MR) is 123 cm³/mol. The first-order valence-electron chi connectivity index (χ1n) is 10.8. The summed E-state index contributed by atoms with van der Waals surface area (Å²) in [5.74, 6) is 1.19. The second-order valence-corrected chi connectivity index (χ2v) is 8.30. The smallest absolute Gasteiger partial charge is 0.253 e. The van der Waals surface area contributed by atoms with Crippen LogP contribution in [0.4, 0.5) is 11.8 Å². The van der Waals surface area contributed by atoms with E-state index in [9.17, 15) is 9.90 Å². The van der Waals surface area contributed by atoms with Gasteiger partial charge in [0.05, 0.1) is 5.52 Å². The standard InChI is InChI=1S/C24H29N5O2/c1-29(2)22-19-10-6-7-11-20(19)27-24(28-22)26-18-14-12-17(13-15-18)25-23(31)21(30)16-8-4-3-5-9-16/h3-11,17-18,21,30H,12-15H2,1-2H3,(H,25,31)(H,26,27,28)/t17-,18+,21-/m1/s1. The van der Waals surface area contributed by atoms with Crippen LogP contribution in [0.15, 0.2) is 54.6 Å². The van der Waals surface area contributed by atoms with Gasteiger partial charge in [0.15, 0.2) is 6.10 Å². The molecule has 0 spiro atoms. The van der Waals surface area contributed by atoms with E-state index in [1.54, 1.807) is 12.1 Å². The highest BCUT2D eigenvalue weighted by molar-refractivity contribution is 5.90. The molecule has 1 amide bonds. The third-order valence-electron chi connectivity index (χ3n) is 5.78. The zero-order valence-electron chi connectivity index (χ0n) is 18.0. The van der Waals surface area contributed by atoms with E-state index in [0.717, 1.165) is 42.4 Å². The Bertz CT molecular complexity index is 1030. The first-order valence-corrected chi connectivity index (χ1v) is 10.8. The Morgan fingerprint density at radius 1 is 0.968 bits per heavy atom. The van der Waals surface area contributed by atoms with E-state index >= 15 is 0 Å². The number of aliphatic hydroxyl groups is 1. The molecule has 2 aromatic carbocycles. The molecule has 0 bridgehead atoms. The van der Waals surface area contributed by atoms with Gasteiger partial charge in [-0.3, -0.25) is 4.79 Å². The minimum Gasteiger partial charge on any atom is -0.378 e. The molecule has 3 aromatic rings. The van der Waals surface area contributed by atoms with Crippen LogP contribution >= 0.6 is 0 Å². The summed E-state index contributed by atoms with van der Waals surface area (Å²) in [7, 11) is 3.96. The van der Waals surface area contributed by atoms with Crippen LogP contribution in [0.25, 0.3) is 10.9 Å². The highest BCUT2D eigenvalue weighted by atomic mass is 16.3. The zero-order valence-corrected chi connectivity index (χ0v) is 18.0. The fourth-order valence-electron chi connectivity index (χ4n) is 4.10. The Balaban J connectivity index is 1.35. The van der Waals surface area contributed by atoms with Gasteiger partial charge in [0, 0.05) is 31.6 Å². The lowest BCUT2D eigenvalue weighted by Crippen LogP contribution is -2.42. The summed E-state index contributed by atoms with van der Waals surface area (Å²) in [5, 5.41) is 17.8. The van der Waals surface area contributed by atoms with Crippen molar-refractivity contribution in [2.75, 3.05) is 24.3 Å². The van der Waals surface area contributed by atoms with Crippen molar-refractivity contribution < 1.29 is 9.90 Å². The van der Waals surface area contributed by atoms with Gasteiger partial charge in [0.25, 0.3) is 5.91 Å². The molecule has 7 nitrogen and oxygen atoms in total. The number of nitrogens with zero attached hydrogens (tertiary/aromatic N) is 3. The number of amides is 1. The number of anilines is 2. The highest BCUT2D eigenvalue weighted by Crippen LogP contribution is 2.26. The molecule has 0 aliphatic heterocycles. The summed E-state index contributed by atoms with van der Waals surface area (Å²) >= 11 is 0.